The second-order valence-electron chi connectivity index (χ2n) is 6.23. The molecule has 3 fully saturated rings. The Kier molecular flexibility index (Phi) is 2.85. The highest BCUT2D eigenvalue weighted by Crippen LogP contribution is 2.71. The molecule has 0 radical (unpaired) electrons. The van der Waals surface area contributed by atoms with E-state index in [1.165, 1.54) is 0 Å². The van der Waals surface area contributed by atoms with E-state index in [1.54, 1.807) is 0 Å². The van der Waals surface area contributed by atoms with E-state index in [4.69, 9.17) is 16.3 Å². The molecular formula is C13H14ClF2N3O3. The SMILES string of the molecule is O=C(NCc1noc(C(F)(F)Cl)n1)[C@]12C[C@H]1COC21CCC1. The number of hydrogen-bond donors (Lipinski definition) is 1. The normalized spacial score (nSPS) is 31.7. The summed E-state index contributed by atoms with van der Waals surface area (Å²) in [7, 11) is 0. The molecule has 2 atom stereocenters. The number of aromatic nitrogens is 2. The van der Waals surface area contributed by atoms with Gasteiger partial charge in [0, 0.05) is 5.92 Å². The van der Waals surface area contributed by atoms with Crippen molar-refractivity contribution >= 4 is 17.5 Å². The van der Waals surface area contributed by atoms with E-state index >= 15 is 0 Å². The minimum absolute atomic E-state index is 0.0288. The third kappa shape index (κ3) is 1.83. The van der Waals surface area contributed by atoms with E-state index in [0.29, 0.717) is 6.61 Å². The predicted octanol–water partition coefficient (Wildman–Crippen LogP) is 1.93. The van der Waals surface area contributed by atoms with Gasteiger partial charge in [0.1, 0.15) is 0 Å². The number of fused-ring (bicyclic) bond motifs is 2. The summed E-state index contributed by atoms with van der Waals surface area (Å²) in [6.45, 7) is 0.554. The van der Waals surface area contributed by atoms with Gasteiger partial charge in [-0.3, -0.25) is 4.79 Å². The largest absolute Gasteiger partial charge is 0.400 e. The zero-order chi connectivity index (χ0) is 15.6. The molecule has 1 N–H and O–H groups in total. The Balaban J connectivity index is 1.42. The summed E-state index contributed by atoms with van der Waals surface area (Å²) < 4.78 is 35.8. The van der Waals surface area contributed by atoms with Gasteiger partial charge < -0.3 is 14.6 Å². The third-order valence-corrected chi connectivity index (χ3v) is 5.32. The van der Waals surface area contributed by atoms with Gasteiger partial charge in [0.05, 0.1) is 24.2 Å². The Morgan fingerprint density at radius 2 is 2.27 bits per heavy atom. The maximum absolute atomic E-state index is 12.8. The van der Waals surface area contributed by atoms with E-state index < -0.39 is 16.7 Å². The van der Waals surface area contributed by atoms with Crippen LogP contribution in [0, 0.1) is 11.3 Å². The molecule has 0 unspecified atom stereocenters. The van der Waals surface area contributed by atoms with E-state index in [0.717, 1.165) is 25.7 Å². The second-order valence-corrected chi connectivity index (χ2v) is 6.70. The van der Waals surface area contributed by atoms with E-state index in [2.05, 4.69) is 20.0 Å². The van der Waals surface area contributed by atoms with Gasteiger partial charge in [-0.05, 0) is 37.3 Å². The number of nitrogens with zero attached hydrogens (tertiary/aromatic N) is 2. The Hall–Kier alpha value is -1.28. The molecule has 2 aliphatic carbocycles. The number of rotatable bonds is 4. The lowest BCUT2D eigenvalue weighted by molar-refractivity contribution is -0.149. The molecule has 2 heterocycles. The van der Waals surface area contributed by atoms with Crippen LogP contribution in [0.15, 0.2) is 4.52 Å². The Bertz CT molecular complexity index is 628. The summed E-state index contributed by atoms with van der Waals surface area (Å²) >= 11 is 4.80. The summed E-state index contributed by atoms with van der Waals surface area (Å²) in [6, 6.07) is 0. The molecule has 0 bridgehead atoms. The summed E-state index contributed by atoms with van der Waals surface area (Å²) in [5, 5.41) is 2.41. The number of carbonyl (C=O) groups excluding carboxylic acids is 1. The fraction of sp³-hybridized carbons (Fsp3) is 0.769. The van der Waals surface area contributed by atoms with E-state index in [-0.39, 0.29) is 29.8 Å². The molecule has 1 aromatic rings. The number of nitrogens with one attached hydrogen (secondary N) is 1. The molecule has 6 nitrogen and oxygen atoms in total. The first-order valence-electron chi connectivity index (χ1n) is 7.19. The molecule has 9 heteroatoms. The van der Waals surface area contributed by atoms with E-state index in [9.17, 15) is 13.6 Å². The van der Waals surface area contributed by atoms with Gasteiger partial charge in [0.25, 0.3) is 0 Å². The maximum atomic E-state index is 12.8. The molecule has 1 saturated heterocycles. The van der Waals surface area contributed by atoms with Gasteiger partial charge in [-0.2, -0.15) is 13.8 Å². The van der Waals surface area contributed by atoms with Crippen molar-refractivity contribution in [2.24, 2.45) is 11.3 Å². The average Bonchev–Trinajstić information content (AvgIpc) is 2.84. The second kappa shape index (κ2) is 4.38. The number of ether oxygens (including phenoxy) is 1. The zero-order valence-corrected chi connectivity index (χ0v) is 12.3. The lowest BCUT2D eigenvalue weighted by Crippen LogP contribution is -2.52. The van der Waals surface area contributed by atoms with Gasteiger partial charge >= 0.3 is 11.3 Å². The van der Waals surface area contributed by atoms with Crippen LogP contribution in [0.1, 0.15) is 37.4 Å². The first-order valence-corrected chi connectivity index (χ1v) is 7.57. The number of halogens is 3. The molecular weight excluding hydrogens is 320 g/mol. The molecule has 2 saturated carbocycles. The molecule has 0 aromatic carbocycles. The quantitative estimate of drug-likeness (QED) is 0.852. The van der Waals surface area contributed by atoms with Crippen molar-refractivity contribution in [1.82, 2.24) is 15.5 Å². The van der Waals surface area contributed by atoms with Crippen molar-refractivity contribution < 1.29 is 22.8 Å². The lowest BCUT2D eigenvalue weighted by atomic mass is 9.68. The summed E-state index contributed by atoms with van der Waals surface area (Å²) in [4.78, 5) is 16.0. The van der Waals surface area contributed by atoms with Crippen LogP contribution < -0.4 is 5.32 Å². The fourth-order valence-electron chi connectivity index (χ4n) is 3.81. The van der Waals surface area contributed by atoms with Crippen LogP contribution in [-0.2, 0) is 21.5 Å². The number of carbonyl (C=O) groups is 1. The molecule has 1 amide bonds. The Morgan fingerprint density at radius 1 is 1.50 bits per heavy atom. The molecule has 22 heavy (non-hydrogen) atoms. The maximum Gasteiger partial charge on any atom is 0.400 e. The van der Waals surface area contributed by atoms with Crippen molar-refractivity contribution in [3.05, 3.63) is 11.7 Å². The molecule has 1 aromatic heterocycles. The molecule has 1 aliphatic heterocycles. The van der Waals surface area contributed by atoms with Gasteiger partial charge in [0.15, 0.2) is 5.82 Å². The van der Waals surface area contributed by atoms with Crippen molar-refractivity contribution in [2.45, 2.75) is 43.2 Å². The number of hydrogen-bond acceptors (Lipinski definition) is 5. The molecule has 3 aliphatic rings. The van der Waals surface area contributed by atoms with Gasteiger partial charge in [0.2, 0.25) is 5.91 Å². The average molecular weight is 334 g/mol. The Morgan fingerprint density at radius 3 is 2.82 bits per heavy atom. The first-order chi connectivity index (χ1) is 10.4. The standard InChI is InChI=1S/C13H14ClF2N3O3/c14-13(15,16)10-18-8(19-22-10)5-17-9(20)12-4-7(12)6-21-11(12)2-1-3-11/h7H,1-6H2,(H,17,20)/t7-,12-/m0/s1. The number of alkyl halides is 3. The summed E-state index contributed by atoms with van der Waals surface area (Å²) in [6.07, 6.45) is 3.71. The Labute approximate surface area is 129 Å². The zero-order valence-electron chi connectivity index (χ0n) is 11.6. The van der Waals surface area contributed by atoms with Crippen molar-refractivity contribution in [3.8, 4) is 0 Å². The van der Waals surface area contributed by atoms with Crippen LogP contribution in [0.2, 0.25) is 0 Å². The van der Waals surface area contributed by atoms with Crippen molar-refractivity contribution in [3.63, 3.8) is 0 Å². The molecule has 120 valence electrons. The van der Waals surface area contributed by atoms with Crippen LogP contribution >= 0.6 is 11.6 Å². The molecule has 1 spiro atoms. The van der Waals surface area contributed by atoms with Crippen LogP contribution in [0.25, 0.3) is 0 Å². The highest BCUT2D eigenvalue weighted by atomic mass is 35.5. The summed E-state index contributed by atoms with van der Waals surface area (Å²) in [5.74, 6) is -0.848. The molecule has 4 rings (SSSR count). The lowest BCUT2D eigenvalue weighted by Gasteiger charge is -2.44. The van der Waals surface area contributed by atoms with Crippen molar-refractivity contribution in [1.29, 1.82) is 0 Å². The third-order valence-electron chi connectivity index (χ3n) is 5.16. The smallest absolute Gasteiger partial charge is 0.374 e. The van der Waals surface area contributed by atoms with E-state index in [1.807, 2.05) is 0 Å². The minimum atomic E-state index is -3.70. The summed E-state index contributed by atoms with van der Waals surface area (Å²) in [5.41, 5.74) is -0.762. The van der Waals surface area contributed by atoms with Crippen LogP contribution in [-0.4, -0.2) is 28.3 Å². The topological polar surface area (TPSA) is 77.3 Å². The van der Waals surface area contributed by atoms with Crippen LogP contribution in [0.4, 0.5) is 8.78 Å². The monoisotopic (exact) mass is 333 g/mol. The highest BCUT2D eigenvalue weighted by Gasteiger charge is 2.77. The fourth-order valence-corrected chi connectivity index (χ4v) is 3.89. The predicted molar refractivity (Wildman–Crippen MR) is 69.0 cm³/mol. The van der Waals surface area contributed by atoms with Crippen LogP contribution in [0.3, 0.4) is 0 Å². The van der Waals surface area contributed by atoms with Crippen molar-refractivity contribution in [2.75, 3.05) is 6.61 Å². The first kappa shape index (κ1) is 14.3. The number of amides is 1. The minimum Gasteiger partial charge on any atom is -0.374 e. The van der Waals surface area contributed by atoms with Crippen LogP contribution in [0.5, 0.6) is 0 Å². The highest BCUT2D eigenvalue weighted by molar-refractivity contribution is 6.21. The van der Waals surface area contributed by atoms with Gasteiger partial charge in [-0.1, -0.05) is 5.16 Å². The van der Waals surface area contributed by atoms with Gasteiger partial charge in [-0.15, -0.1) is 0 Å². The van der Waals surface area contributed by atoms with Gasteiger partial charge in [-0.25, -0.2) is 0 Å².